The van der Waals surface area contributed by atoms with Crippen LogP contribution in [0.4, 0.5) is 0 Å². The lowest BCUT2D eigenvalue weighted by molar-refractivity contribution is 0.454. The van der Waals surface area contributed by atoms with E-state index in [0.717, 1.165) is 35.3 Å². The SMILES string of the molecule is O=c1[nH]c(O)c(C2=CCCc3cc(O)cnc32)s1. The lowest BCUT2D eigenvalue weighted by Gasteiger charge is -2.15. The van der Waals surface area contributed by atoms with Gasteiger partial charge in [0.15, 0.2) is 0 Å². The maximum absolute atomic E-state index is 11.2. The highest BCUT2D eigenvalue weighted by Gasteiger charge is 2.20. The summed E-state index contributed by atoms with van der Waals surface area (Å²) in [5.74, 6) is 0.000419. The van der Waals surface area contributed by atoms with E-state index in [1.807, 2.05) is 6.08 Å². The molecular weight excluding hydrogens is 252 g/mol. The molecule has 0 radical (unpaired) electrons. The van der Waals surface area contributed by atoms with Gasteiger partial charge in [0.05, 0.1) is 11.9 Å². The molecule has 0 fully saturated rings. The zero-order valence-electron chi connectivity index (χ0n) is 9.30. The van der Waals surface area contributed by atoms with Crippen molar-refractivity contribution in [3.05, 3.63) is 44.1 Å². The van der Waals surface area contributed by atoms with Crippen LogP contribution in [0.15, 0.2) is 23.1 Å². The Kier molecular flexibility index (Phi) is 2.45. The second-order valence-electron chi connectivity index (χ2n) is 4.05. The van der Waals surface area contributed by atoms with Crippen LogP contribution in [0, 0.1) is 0 Å². The third-order valence-electron chi connectivity index (χ3n) is 2.84. The van der Waals surface area contributed by atoms with Crippen LogP contribution >= 0.6 is 11.3 Å². The lowest BCUT2D eigenvalue weighted by atomic mass is 9.94. The van der Waals surface area contributed by atoms with Crippen LogP contribution in [0.1, 0.15) is 22.6 Å². The number of rotatable bonds is 1. The molecule has 0 spiro atoms. The monoisotopic (exact) mass is 262 g/mol. The van der Waals surface area contributed by atoms with E-state index in [9.17, 15) is 15.0 Å². The Morgan fingerprint density at radius 3 is 2.94 bits per heavy atom. The van der Waals surface area contributed by atoms with Crippen LogP contribution < -0.4 is 4.87 Å². The van der Waals surface area contributed by atoms with Crippen molar-refractivity contribution in [1.82, 2.24) is 9.97 Å². The maximum atomic E-state index is 11.2. The molecule has 3 N–H and O–H groups in total. The summed E-state index contributed by atoms with van der Waals surface area (Å²) in [5.41, 5.74) is 2.38. The number of H-pyrrole nitrogens is 1. The molecule has 0 aliphatic heterocycles. The highest BCUT2D eigenvalue weighted by Crippen LogP contribution is 2.36. The molecule has 1 aliphatic carbocycles. The first-order valence-corrected chi connectivity index (χ1v) is 6.27. The van der Waals surface area contributed by atoms with Crippen LogP contribution in [0.5, 0.6) is 11.6 Å². The molecule has 0 saturated carbocycles. The number of nitrogens with zero attached hydrogens (tertiary/aromatic N) is 1. The first-order valence-electron chi connectivity index (χ1n) is 5.46. The molecular formula is C12H10N2O3S. The number of allylic oxidation sites excluding steroid dienone is 1. The molecule has 6 heteroatoms. The van der Waals surface area contributed by atoms with Crippen molar-refractivity contribution in [3.8, 4) is 11.6 Å². The van der Waals surface area contributed by atoms with Crippen LogP contribution in [0.3, 0.4) is 0 Å². The first kappa shape index (κ1) is 11.0. The van der Waals surface area contributed by atoms with E-state index < -0.39 is 0 Å². The van der Waals surface area contributed by atoms with Crippen molar-refractivity contribution >= 4 is 16.9 Å². The highest BCUT2D eigenvalue weighted by atomic mass is 32.1. The Morgan fingerprint density at radius 1 is 1.39 bits per heavy atom. The molecule has 0 unspecified atom stereocenters. The van der Waals surface area contributed by atoms with Crippen molar-refractivity contribution in [1.29, 1.82) is 0 Å². The van der Waals surface area contributed by atoms with E-state index in [2.05, 4.69) is 9.97 Å². The van der Waals surface area contributed by atoms with Crippen LogP contribution in [0.25, 0.3) is 5.57 Å². The summed E-state index contributed by atoms with van der Waals surface area (Å²) in [6.07, 6.45) is 4.90. The first-order chi connectivity index (χ1) is 8.65. The van der Waals surface area contributed by atoms with Crippen molar-refractivity contribution in [2.45, 2.75) is 12.8 Å². The minimum absolute atomic E-state index is 0.126. The molecule has 92 valence electrons. The number of nitrogens with one attached hydrogen (secondary N) is 1. The number of pyridine rings is 1. The van der Waals surface area contributed by atoms with Crippen molar-refractivity contribution < 1.29 is 10.2 Å². The molecule has 2 heterocycles. The van der Waals surface area contributed by atoms with Crippen molar-refractivity contribution in [2.75, 3.05) is 0 Å². The van der Waals surface area contributed by atoms with E-state index in [0.29, 0.717) is 10.6 Å². The van der Waals surface area contributed by atoms with E-state index in [-0.39, 0.29) is 16.5 Å². The average Bonchev–Trinajstić information content (AvgIpc) is 2.67. The zero-order valence-corrected chi connectivity index (χ0v) is 10.1. The molecule has 2 aromatic rings. The van der Waals surface area contributed by atoms with Gasteiger partial charge in [-0.3, -0.25) is 14.8 Å². The zero-order chi connectivity index (χ0) is 12.7. The predicted octanol–water partition coefficient (Wildman–Crippen LogP) is 1.62. The lowest BCUT2D eigenvalue weighted by Crippen LogP contribution is -2.02. The molecule has 0 atom stereocenters. The Labute approximate surface area is 106 Å². The van der Waals surface area contributed by atoms with E-state index in [1.54, 1.807) is 6.07 Å². The van der Waals surface area contributed by atoms with Gasteiger partial charge < -0.3 is 10.2 Å². The number of aromatic amines is 1. The fraction of sp³-hybridized carbons (Fsp3) is 0.167. The maximum Gasteiger partial charge on any atom is 0.307 e. The summed E-state index contributed by atoms with van der Waals surface area (Å²) >= 11 is 0.957. The van der Waals surface area contributed by atoms with E-state index in [4.69, 9.17) is 0 Å². The normalized spacial score (nSPS) is 14.1. The Morgan fingerprint density at radius 2 is 2.22 bits per heavy atom. The number of fused-ring (bicyclic) bond motifs is 1. The number of thiazole rings is 1. The Balaban J connectivity index is 2.18. The third-order valence-corrected chi connectivity index (χ3v) is 3.75. The quantitative estimate of drug-likeness (QED) is 0.729. The predicted molar refractivity (Wildman–Crippen MR) is 67.9 cm³/mol. The fourth-order valence-corrected chi connectivity index (χ4v) is 2.87. The van der Waals surface area contributed by atoms with Gasteiger partial charge in [-0.25, -0.2) is 0 Å². The molecule has 3 rings (SSSR count). The molecule has 2 aromatic heterocycles. The molecule has 1 aliphatic rings. The van der Waals surface area contributed by atoms with Gasteiger partial charge in [-0.2, -0.15) is 0 Å². The standard InChI is InChI=1S/C12H10N2O3S/c15-7-4-6-2-1-3-8(9(6)13-5-7)10-11(16)14-12(17)18-10/h3-5,15-16H,1-2H2,(H,14,17). The Bertz CT molecular complexity index is 700. The van der Waals surface area contributed by atoms with Gasteiger partial charge in [0.1, 0.15) is 10.6 Å². The fourth-order valence-electron chi connectivity index (χ4n) is 2.10. The van der Waals surface area contributed by atoms with Crippen molar-refractivity contribution in [3.63, 3.8) is 0 Å². The summed E-state index contributed by atoms with van der Waals surface area (Å²) in [7, 11) is 0. The summed E-state index contributed by atoms with van der Waals surface area (Å²) < 4.78 is 0. The largest absolute Gasteiger partial charge is 0.506 e. The minimum Gasteiger partial charge on any atom is -0.506 e. The van der Waals surface area contributed by atoms with Crippen LogP contribution in [-0.2, 0) is 6.42 Å². The summed E-state index contributed by atoms with van der Waals surface area (Å²) in [6, 6.07) is 1.67. The number of aromatic nitrogens is 2. The summed E-state index contributed by atoms with van der Waals surface area (Å²) in [6.45, 7) is 0. The second-order valence-corrected chi connectivity index (χ2v) is 5.03. The van der Waals surface area contributed by atoms with E-state index >= 15 is 0 Å². The summed E-state index contributed by atoms with van der Waals surface area (Å²) in [4.78, 5) is 18.0. The molecule has 5 nitrogen and oxygen atoms in total. The van der Waals surface area contributed by atoms with Crippen LogP contribution in [0.2, 0.25) is 0 Å². The molecule has 0 amide bonds. The molecule has 0 aromatic carbocycles. The van der Waals surface area contributed by atoms with Gasteiger partial charge in [0.25, 0.3) is 0 Å². The third kappa shape index (κ3) is 1.70. The molecule has 0 saturated heterocycles. The van der Waals surface area contributed by atoms with Gasteiger partial charge >= 0.3 is 4.87 Å². The van der Waals surface area contributed by atoms with Crippen molar-refractivity contribution in [2.24, 2.45) is 0 Å². The molecule has 0 bridgehead atoms. The average molecular weight is 262 g/mol. The molecule has 18 heavy (non-hydrogen) atoms. The van der Waals surface area contributed by atoms with Gasteiger partial charge in [-0.15, -0.1) is 0 Å². The highest BCUT2D eigenvalue weighted by molar-refractivity contribution is 7.10. The van der Waals surface area contributed by atoms with Gasteiger partial charge in [-0.1, -0.05) is 17.4 Å². The number of hydrogen-bond acceptors (Lipinski definition) is 5. The van der Waals surface area contributed by atoms with Gasteiger partial charge in [0.2, 0.25) is 5.88 Å². The number of aromatic hydroxyl groups is 2. The summed E-state index contributed by atoms with van der Waals surface area (Å²) in [5, 5.41) is 19.1. The van der Waals surface area contributed by atoms with Gasteiger partial charge in [0, 0.05) is 5.57 Å². The smallest absolute Gasteiger partial charge is 0.307 e. The topological polar surface area (TPSA) is 86.2 Å². The van der Waals surface area contributed by atoms with E-state index in [1.165, 1.54) is 6.20 Å². The Hall–Kier alpha value is -2.08. The number of hydrogen-bond donors (Lipinski definition) is 3. The van der Waals surface area contributed by atoms with Crippen LogP contribution in [-0.4, -0.2) is 20.2 Å². The minimum atomic E-state index is -0.297. The second kappa shape index (κ2) is 3.99. The number of aryl methyl sites for hydroxylation is 1. The van der Waals surface area contributed by atoms with Gasteiger partial charge in [-0.05, 0) is 24.5 Å².